The van der Waals surface area contributed by atoms with Crippen molar-refractivity contribution >= 4 is 11.9 Å². The first kappa shape index (κ1) is 12.3. The summed E-state index contributed by atoms with van der Waals surface area (Å²) in [5.74, 6) is -1.63. The van der Waals surface area contributed by atoms with E-state index in [-0.39, 0.29) is 5.69 Å². The van der Waals surface area contributed by atoms with Crippen LogP contribution in [0.4, 0.5) is 0 Å². The van der Waals surface area contributed by atoms with E-state index in [9.17, 15) is 14.7 Å². The lowest BCUT2D eigenvalue weighted by Crippen LogP contribution is -2.13. The molecule has 0 amide bonds. The van der Waals surface area contributed by atoms with E-state index in [1.165, 1.54) is 23.8 Å². The van der Waals surface area contributed by atoms with E-state index < -0.39 is 24.5 Å². The predicted octanol–water partition coefficient (Wildman–Crippen LogP) is 0.320. The Morgan fingerprint density at radius 3 is 2.62 bits per heavy atom. The highest BCUT2D eigenvalue weighted by Gasteiger charge is 2.19. The Morgan fingerprint density at radius 2 is 2.12 bits per heavy atom. The zero-order valence-corrected chi connectivity index (χ0v) is 9.01. The van der Waals surface area contributed by atoms with E-state index in [0.717, 1.165) is 0 Å². The second kappa shape index (κ2) is 4.80. The summed E-state index contributed by atoms with van der Waals surface area (Å²) in [6.07, 6.45) is -1.54. The van der Waals surface area contributed by atoms with Crippen LogP contribution in [-0.4, -0.2) is 33.8 Å². The van der Waals surface area contributed by atoms with Crippen molar-refractivity contribution < 1.29 is 24.5 Å². The van der Waals surface area contributed by atoms with Crippen LogP contribution < -0.4 is 0 Å². The molecule has 1 rings (SSSR count). The molecule has 0 bridgehead atoms. The number of carbonyl (C=O) groups excluding carboxylic acids is 1. The Kier molecular flexibility index (Phi) is 3.68. The zero-order valence-electron chi connectivity index (χ0n) is 9.01. The summed E-state index contributed by atoms with van der Waals surface area (Å²) in [6, 6.07) is 2.98. The van der Waals surface area contributed by atoms with Crippen molar-refractivity contribution in [2.75, 3.05) is 7.11 Å². The summed E-state index contributed by atoms with van der Waals surface area (Å²) in [4.78, 5) is 21.7. The maximum Gasteiger partial charge on any atom is 0.354 e. The highest BCUT2D eigenvalue weighted by molar-refractivity contribution is 5.87. The van der Waals surface area contributed by atoms with Crippen LogP contribution in [0.5, 0.6) is 0 Å². The van der Waals surface area contributed by atoms with Crippen molar-refractivity contribution in [2.45, 2.75) is 12.5 Å². The monoisotopic (exact) mass is 227 g/mol. The third-order valence-electron chi connectivity index (χ3n) is 2.26. The lowest BCUT2D eigenvalue weighted by Gasteiger charge is -2.10. The molecular weight excluding hydrogens is 214 g/mol. The van der Waals surface area contributed by atoms with Gasteiger partial charge in [0.2, 0.25) is 0 Å². The first-order valence-corrected chi connectivity index (χ1v) is 4.61. The molecule has 0 saturated carbocycles. The Hall–Kier alpha value is -1.82. The molecule has 1 atom stereocenters. The van der Waals surface area contributed by atoms with Crippen LogP contribution in [0.25, 0.3) is 0 Å². The van der Waals surface area contributed by atoms with Crippen molar-refractivity contribution in [3.05, 3.63) is 23.5 Å². The fraction of sp³-hybridized carbons (Fsp3) is 0.400. The molecule has 6 heteroatoms. The van der Waals surface area contributed by atoms with Gasteiger partial charge in [0.15, 0.2) is 0 Å². The smallest absolute Gasteiger partial charge is 0.354 e. The van der Waals surface area contributed by atoms with Gasteiger partial charge in [-0.25, -0.2) is 4.79 Å². The third kappa shape index (κ3) is 2.40. The van der Waals surface area contributed by atoms with Crippen LogP contribution in [0.15, 0.2) is 12.1 Å². The summed E-state index contributed by atoms with van der Waals surface area (Å²) in [5.41, 5.74) is 0.629. The molecule has 1 aromatic rings. The quantitative estimate of drug-likeness (QED) is 0.723. The highest BCUT2D eigenvalue weighted by atomic mass is 16.5. The minimum Gasteiger partial charge on any atom is -0.481 e. The molecule has 0 radical (unpaired) electrons. The van der Waals surface area contributed by atoms with Gasteiger partial charge in [-0.1, -0.05) is 0 Å². The Balaban J connectivity index is 2.95. The molecule has 88 valence electrons. The largest absolute Gasteiger partial charge is 0.481 e. The molecule has 0 spiro atoms. The third-order valence-corrected chi connectivity index (χ3v) is 2.26. The number of carboxylic acid groups (broad SMARTS) is 1. The van der Waals surface area contributed by atoms with Gasteiger partial charge >= 0.3 is 11.9 Å². The highest BCUT2D eigenvalue weighted by Crippen LogP contribution is 2.19. The molecule has 0 aliphatic heterocycles. The summed E-state index contributed by atoms with van der Waals surface area (Å²) >= 11 is 0. The summed E-state index contributed by atoms with van der Waals surface area (Å²) in [6.45, 7) is 0. The first-order valence-electron chi connectivity index (χ1n) is 4.61. The minimum atomic E-state index is -1.14. The van der Waals surface area contributed by atoms with E-state index in [1.54, 1.807) is 7.05 Å². The second-order valence-electron chi connectivity index (χ2n) is 3.31. The number of esters is 1. The second-order valence-corrected chi connectivity index (χ2v) is 3.31. The SMILES string of the molecule is COC(=O)c1ccc(C(O)CC(=O)O)n1C. The molecule has 6 nitrogen and oxygen atoms in total. The first-order chi connectivity index (χ1) is 7.47. The van der Waals surface area contributed by atoms with E-state index in [1.807, 2.05) is 0 Å². The molecule has 1 aromatic heterocycles. The number of aliphatic carboxylic acids is 1. The fourth-order valence-electron chi connectivity index (χ4n) is 1.44. The van der Waals surface area contributed by atoms with Gasteiger partial charge in [0, 0.05) is 12.7 Å². The average molecular weight is 227 g/mol. The van der Waals surface area contributed by atoms with Crippen LogP contribution in [0.3, 0.4) is 0 Å². The number of carbonyl (C=O) groups is 2. The number of methoxy groups -OCH3 is 1. The van der Waals surface area contributed by atoms with Crippen molar-refractivity contribution in [3.8, 4) is 0 Å². The maximum absolute atomic E-state index is 11.3. The van der Waals surface area contributed by atoms with Gasteiger partial charge in [0.25, 0.3) is 0 Å². The number of hydrogen-bond donors (Lipinski definition) is 2. The van der Waals surface area contributed by atoms with Gasteiger partial charge in [-0.3, -0.25) is 4.79 Å². The van der Waals surface area contributed by atoms with Crippen LogP contribution in [0.1, 0.15) is 28.7 Å². The van der Waals surface area contributed by atoms with Gasteiger partial charge in [0.1, 0.15) is 11.8 Å². The Morgan fingerprint density at radius 1 is 1.50 bits per heavy atom. The number of hydrogen-bond acceptors (Lipinski definition) is 4. The minimum absolute atomic E-state index is 0.266. The molecule has 1 heterocycles. The number of nitrogens with zero attached hydrogens (tertiary/aromatic N) is 1. The number of carboxylic acids is 1. The Bertz CT molecular complexity index is 409. The van der Waals surface area contributed by atoms with Crippen molar-refractivity contribution in [1.82, 2.24) is 4.57 Å². The van der Waals surface area contributed by atoms with E-state index in [0.29, 0.717) is 5.69 Å². The Labute approximate surface area is 92.1 Å². The molecule has 1 unspecified atom stereocenters. The van der Waals surface area contributed by atoms with E-state index >= 15 is 0 Å². The average Bonchev–Trinajstić information content (AvgIpc) is 2.58. The summed E-state index contributed by atoms with van der Waals surface area (Å²) < 4.78 is 5.95. The van der Waals surface area contributed by atoms with Gasteiger partial charge in [-0.15, -0.1) is 0 Å². The molecule has 0 aliphatic rings. The predicted molar refractivity (Wildman–Crippen MR) is 54.0 cm³/mol. The van der Waals surface area contributed by atoms with Gasteiger partial charge in [0.05, 0.1) is 13.5 Å². The standard InChI is InChI=1S/C10H13NO5/c1-11-6(8(12)5-9(13)14)3-4-7(11)10(15)16-2/h3-4,8,12H,5H2,1-2H3,(H,13,14). The van der Waals surface area contributed by atoms with E-state index in [4.69, 9.17) is 5.11 Å². The maximum atomic E-state index is 11.3. The van der Waals surface area contributed by atoms with Crippen molar-refractivity contribution in [2.24, 2.45) is 7.05 Å². The lowest BCUT2D eigenvalue weighted by molar-refractivity contribution is -0.139. The van der Waals surface area contributed by atoms with Gasteiger partial charge in [-0.05, 0) is 12.1 Å². The van der Waals surface area contributed by atoms with Crippen LogP contribution in [0, 0.1) is 0 Å². The zero-order chi connectivity index (χ0) is 12.3. The normalized spacial score (nSPS) is 12.2. The molecular formula is C10H13NO5. The summed E-state index contributed by atoms with van der Waals surface area (Å²) in [5, 5.41) is 18.1. The van der Waals surface area contributed by atoms with Crippen LogP contribution in [-0.2, 0) is 16.6 Å². The molecule has 0 saturated heterocycles. The van der Waals surface area contributed by atoms with Crippen molar-refractivity contribution in [3.63, 3.8) is 0 Å². The number of ether oxygens (including phenoxy) is 1. The molecule has 2 N–H and O–H groups in total. The van der Waals surface area contributed by atoms with Gasteiger partial charge in [-0.2, -0.15) is 0 Å². The number of aromatic nitrogens is 1. The van der Waals surface area contributed by atoms with Crippen LogP contribution in [0.2, 0.25) is 0 Å². The topological polar surface area (TPSA) is 88.8 Å². The fourth-order valence-corrected chi connectivity index (χ4v) is 1.44. The number of rotatable bonds is 4. The molecule has 0 fully saturated rings. The molecule has 16 heavy (non-hydrogen) atoms. The number of aliphatic hydroxyl groups is 1. The van der Waals surface area contributed by atoms with Crippen LogP contribution >= 0.6 is 0 Å². The molecule has 0 aliphatic carbocycles. The van der Waals surface area contributed by atoms with E-state index in [2.05, 4.69) is 4.74 Å². The van der Waals surface area contributed by atoms with Crippen molar-refractivity contribution in [1.29, 1.82) is 0 Å². The molecule has 0 aromatic carbocycles. The summed E-state index contributed by atoms with van der Waals surface area (Å²) in [7, 11) is 2.81. The number of aliphatic hydroxyl groups excluding tert-OH is 1. The van der Waals surface area contributed by atoms with Gasteiger partial charge < -0.3 is 19.5 Å². The lowest BCUT2D eigenvalue weighted by atomic mass is 10.2.